The minimum absolute atomic E-state index is 0.122. The molecule has 4 heteroatoms. The third-order valence-corrected chi connectivity index (χ3v) is 4.55. The van der Waals surface area contributed by atoms with E-state index in [0.717, 1.165) is 37.2 Å². The number of carbonyl (C=O) groups excluding carboxylic acids is 1. The SMILES string of the molecule is CCOC(=O)CCC(CCCCOc1ccccc1)c1ccc(OC)cc1. The van der Waals surface area contributed by atoms with E-state index in [1.165, 1.54) is 5.56 Å². The van der Waals surface area contributed by atoms with Crippen molar-refractivity contribution in [3.8, 4) is 11.5 Å². The standard InChI is InChI=1S/C23H30O4/c1-3-26-23(24)17-14-19(20-12-15-21(25-2)16-13-20)9-7-8-18-27-22-10-5-4-6-11-22/h4-6,10-13,15-16,19H,3,7-9,14,17-18H2,1-2H3. The highest BCUT2D eigenvalue weighted by atomic mass is 16.5. The molecule has 0 radical (unpaired) electrons. The first-order valence-electron chi connectivity index (χ1n) is 9.70. The summed E-state index contributed by atoms with van der Waals surface area (Å²) in [5, 5.41) is 0. The van der Waals surface area contributed by atoms with Crippen LogP contribution in [0.5, 0.6) is 11.5 Å². The molecule has 2 aromatic rings. The second kappa shape index (κ2) is 12.0. The maximum Gasteiger partial charge on any atom is 0.305 e. The van der Waals surface area contributed by atoms with Crippen LogP contribution >= 0.6 is 0 Å². The van der Waals surface area contributed by atoms with E-state index in [9.17, 15) is 4.79 Å². The topological polar surface area (TPSA) is 44.8 Å². The Balaban J connectivity index is 1.83. The third-order valence-electron chi connectivity index (χ3n) is 4.55. The van der Waals surface area contributed by atoms with Crippen molar-refractivity contribution in [3.05, 3.63) is 60.2 Å². The fourth-order valence-corrected chi connectivity index (χ4v) is 3.08. The zero-order chi connectivity index (χ0) is 19.3. The molecule has 0 spiro atoms. The van der Waals surface area contributed by atoms with E-state index in [1.54, 1.807) is 7.11 Å². The highest BCUT2D eigenvalue weighted by molar-refractivity contribution is 5.69. The minimum atomic E-state index is -0.122. The highest BCUT2D eigenvalue weighted by Crippen LogP contribution is 2.28. The Kier molecular flexibility index (Phi) is 9.25. The van der Waals surface area contributed by atoms with Gasteiger partial charge in [0.05, 0.1) is 20.3 Å². The normalized spacial score (nSPS) is 11.6. The minimum Gasteiger partial charge on any atom is -0.497 e. The molecule has 0 saturated carbocycles. The van der Waals surface area contributed by atoms with Crippen LogP contribution in [0.25, 0.3) is 0 Å². The molecule has 27 heavy (non-hydrogen) atoms. The van der Waals surface area contributed by atoms with Crippen LogP contribution in [-0.4, -0.2) is 26.3 Å². The first-order valence-corrected chi connectivity index (χ1v) is 9.70. The van der Waals surface area contributed by atoms with Crippen molar-refractivity contribution in [3.63, 3.8) is 0 Å². The molecular weight excluding hydrogens is 340 g/mol. The van der Waals surface area contributed by atoms with E-state index in [0.29, 0.717) is 25.6 Å². The summed E-state index contributed by atoms with van der Waals surface area (Å²) < 4.78 is 16.1. The maximum absolute atomic E-state index is 11.8. The monoisotopic (exact) mass is 370 g/mol. The Labute approximate surface area is 162 Å². The van der Waals surface area contributed by atoms with Crippen LogP contribution in [0.3, 0.4) is 0 Å². The summed E-state index contributed by atoms with van der Waals surface area (Å²) >= 11 is 0. The number of ether oxygens (including phenoxy) is 3. The molecule has 0 amide bonds. The molecule has 0 aliphatic heterocycles. The van der Waals surface area contributed by atoms with Crippen molar-refractivity contribution in [1.82, 2.24) is 0 Å². The fraction of sp³-hybridized carbons (Fsp3) is 0.435. The van der Waals surface area contributed by atoms with Gasteiger partial charge in [-0.25, -0.2) is 0 Å². The first kappa shape index (κ1) is 20.8. The predicted octanol–water partition coefficient (Wildman–Crippen LogP) is 5.37. The average Bonchev–Trinajstić information content (AvgIpc) is 2.71. The first-order chi connectivity index (χ1) is 13.2. The molecule has 0 heterocycles. The summed E-state index contributed by atoms with van der Waals surface area (Å²) in [6, 6.07) is 18.0. The highest BCUT2D eigenvalue weighted by Gasteiger charge is 2.14. The van der Waals surface area contributed by atoms with Gasteiger partial charge in [-0.2, -0.15) is 0 Å². The quantitative estimate of drug-likeness (QED) is 0.372. The van der Waals surface area contributed by atoms with Crippen LogP contribution in [0, 0.1) is 0 Å². The van der Waals surface area contributed by atoms with Gasteiger partial charge in [-0.05, 0) is 68.4 Å². The number of rotatable bonds is 12. The zero-order valence-electron chi connectivity index (χ0n) is 16.4. The number of methoxy groups -OCH3 is 1. The van der Waals surface area contributed by atoms with E-state index in [-0.39, 0.29) is 5.97 Å². The van der Waals surface area contributed by atoms with Gasteiger partial charge >= 0.3 is 5.97 Å². The Morgan fingerprint density at radius 2 is 1.67 bits per heavy atom. The number of unbranched alkanes of at least 4 members (excludes halogenated alkanes) is 1. The molecule has 0 fully saturated rings. The van der Waals surface area contributed by atoms with Crippen LogP contribution in [-0.2, 0) is 9.53 Å². The van der Waals surface area contributed by atoms with Gasteiger partial charge in [0.15, 0.2) is 0 Å². The van der Waals surface area contributed by atoms with E-state index in [4.69, 9.17) is 14.2 Å². The van der Waals surface area contributed by atoms with Crippen LogP contribution in [0.1, 0.15) is 50.5 Å². The van der Waals surface area contributed by atoms with Crippen LogP contribution < -0.4 is 9.47 Å². The maximum atomic E-state index is 11.8. The molecule has 0 N–H and O–H groups in total. The van der Waals surface area contributed by atoms with Crippen molar-refractivity contribution in [1.29, 1.82) is 0 Å². The Hall–Kier alpha value is -2.49. The smallest absolute Gasteiger partial charge is 0.305 e. The number of hydrogen-bond donors (Lipinski definition) is 0. The fourth-order valence-electron chi connectivity index (χ4n) is 3.08. The van der Waals surface area contributed by atoms with Crippen molar-refractivity contribution in [2.75, 3.05) is 20.3 Å². The lowest BCUT2D eigenvalue weighted by Crippen LogP contribution is -2.08. The van der Waals surface area contributed by atoms with Crippen molar-refractivity contribution < 1.29 is 19.0 Å². The second-order valence-electron chi connectivity index (χ2n) is 6.47. The number of benzene rings is 2. The van der Waals surface area contributed by atoms with Gasteiger partial charge in [-0.3, -0.25) is 4.79 Å². The van der Waals surface area contributed by atoms with Gasteiger partial charge < -0.3 is 14.2 Å². The molecule has 1 unspecified atom stereocenters. The Bertz CT molecular complexity index is 652. The van der Waals surface area contributed by atoms with Crippen molar-refractivity contribution in [2.45, 2.75) is 44.9 Å². The van der Waals surface area contributed by atoms with Crippen molar-refractivity contribution in [2.24, 2.45) is 0 Å². The molecule has 1 atom stereocenters. The lowest BCUT2D eigenvalue weighted by molar-refractivity contribution is -0.143. The third kappa shape index (κ3) is 7.73. The van der Waals surface area contributed by atoms with Gasteiger partial charge in [0.2, 0.25) is 0 Å². The molecule has 0 aliphatic carbocycles. The largest absolute Gasteiger partial charge is 0.497 e. The van der Waals surface area contributed by atoms with E-state index >= 15 is 0 Å². The van der Waals surface area contributed by atoms with E-state index in [2.05, 4.69) is 12.1 Å². The molecular formula is C23H30O4. The molecule has 0 aliphatic rings. The van der Waals surface area contributed by atoms with Gasteiger partial charge in [-0.15, -0.1) is 0 Å². The lowest BCUT2D eigenvalue weighted by atomic mass is 9.89. The molecule has 146 valence electrons. The second-order valence-corrected chi connectivity index (χ2v) is 6.47. The molecule has 4 nitrogen and oxygen atoms in total. The summed E-state index contributed by atoms with van der Waals surface area (Å²) in [4.78, 5) is 11.8. The average molecular weight is 370 g/mol. The summed E-state index contributed by atoms with van der Waals surface area (Å²) in [7, 11) is 1.67. The molecule has 0 aromatic heterocycles. The van der Waals surface area contributed by atoms with Gasteiger partial charge in [0.25, 0.3) is 0 Å². The molecule has 0 bridgehead atoms. The Morgan fingerprint density at radius 3 is 2.33 bits per heavy atom. The van der Waals surface area contributed by atoms with Crippen LogP contribution in [0.4, 0.5) is 0 Å². The number of hydrogen-bond acceptors (Lipinski definition) is 4. The molecule has 2 rings (SSSR count). The summed E-state index contributed by atoms with van der Waals surface area (Å²) in [6.07, 6.45) is 4.30. The zero-order valence-corrected chi connectivity index (χ0v) is 16.4. The molecule has 0 saturated heterocycles. The number of carbonyl (C=O) groups is 1. The molecule has 2 aromatic carbocycles. The van der Waals surface area contributed by atoms with Crippen molar-refractivity contribution >= 4 is 5.97 Å². The van der Waals surface area contributed by atoms with Crippen LogP contribution in [0.2, 0.25) is 0 Å². The Morgan fingerprint density at radius 1 is 0.926 bits per heavy atom. The predicted molar refractivity (Wildman–Crippen MR) is 107 cm³/mol. The summed E-state index contributed by atoms with van der Waals surface area (Å²) in [5.74, 6) is 1.96. The van der Waals surface area contributed by atoms with Gasteiger partial charge in [0, 0.05) is 6.42 Å². The number of para-hydroxylation sites is 1. The summed E-state index contributed by atoms with van der Waals surface area (Å²) in [5.41, 5.74) is 1.24. The van der Waals surface area contributed by atoms with E-state index < -0.39 is 0 Å². The van der Waals surface area contributed by atoms with Gasteiger partial charge in [0.1, 0.15) is 11.5 Å². The van der Waals surface area contributed by atoms with Crippen LogP contribution in [0.15, 0.2) is 54.6 Å². The summed E-state index contributed by atoms with van der Waals surface area (Å²) in [6.45, 7) is 2.98. The van der Waals surface area contributed by atoms with Gasteiger partial charge in [-0.1, -0.05) is 30.3 Å². The lowest BCUT2D eigenvalue weighted by Gasteiger charge is -2.17. The number of esters is 1. The van der Waals surface area contributed by atoms with E-state index in [1.807, 2.05) is 49.4 Å².